The van der Waals surface area contributed by atoms with Crippen LogP contribution in [-0.4, -0.2) is 35.5 Å². The van der Waals surface area contributed by atoms with Gasteiger partial charge in [0.1, 0.15) is 5.75 Å². The lowest BCUT2D eigenvalue weighted by Crippen LogP contribution is -2.32. The number of aromatic nitrogens is 1. The summed E-state index contributed by atoms with van der Waals surface area (Å²) in [5, 5.41) is 1.26. The predicted molar refractivity (Wildman–Crippen MR) is 98.9 cm³/mol. The first-order chi connectivity index (χ1) is 12.2. The van der Waals surface area contributed by atoms with E-state index >= 15 is 0 Å². The van der Waals surface area contributed by atoms with E-state index in [1.54, 1.807) is 0 Å². The van der Waals surface area contributed by atoms with E-state index in [-0.39, 0.29) is 12.5 Å². The van der Waals surface area contributed by atoms with Crippen molar-refractivity contribution >= 4 is 16.8 Å². The number of hydrogen-bond donors (Lipinski definition) is 1. The average molecular weight is 334 g/mol. The molecule has 2 aromatic carbocycles. The number of benzene rings is 2. The Morgan fingerprint density at radius 2 is 2.00 bits per heavy atom. The third-order valence-electron chi connectivity index (χ3n) is 4.99. The second-order valence-electron chi connectivity index (χ2n) is 6.72. The van der Waals surface area contributed by atoms with E-state index in [0.717, 1.165) is 30.8 Å². The van der Waals surface area contributed by atoms with Crippen LogP contribution in [0.25, 0.3) is 10.9 Å². The van der Waals surface area contributed by atoms with Gasteiger partial charge in [0.2, 0.25) is 0 Å². The molecule has 1 unspecified atom stereocenters. The SMILES string of the molecule is Cc1ccc(OCC(=O)N2CCC(c3c[nH]c4ccccc34)C2)cc1. The molecule has 1 N–H and O–H groups in total. The van der Waals surface area contributed by atoms with E-state index in [1.807, 2.05) is 42.2 Å². The number of aromatic amines is 1. The monoisotopic (exact) mass is 334 g/mol. The van der Waals surface area contributed by atoms with Crippen LogP contribution in [-0.2, 0) is 4.79 Å². The van der Waals surface area contributed by atoms with Crippen molar-refractivity contribution in [3.63, 3.8) is 0 Å². The van der Waals surface area contributed by atoms with Gasteiger partial charge >= 0.3 is 0 Å². The molecule has 0 bridgehead atoms. The minimum Gasteiger partial charge on any atom is -0.484 e. The minimum atomic E-state index is 0.0583. The fraction of sp³-hybridized carbons (Fsp3) is 0.286. The molecule has 25 heavy (non-hydrogen) atoms. The topological polar surface area (TPSA) is 45.3 Å². The molecule has 0 aliphatic carbocycles. The first-order valence-electron chi connectivity index (χ1n) is 8.74. The van der Waals surface area contributed by atoms with Crippen LogP contribution in [0.2, 0.25) is 0 Å². The summed E-state index contributed by atoms with van der Waals surface area (Å²) in [5.74, 6) is 1.19. The highest BCUT2D eigenvalue weighted by atomic mass is 16.5. The summed E-state index contributed by atoms with van der Waals surface area (Å²) >= 11 is 0. The number of carbonyl (C=O) groups excluding carboxylic acids is 1. The number of likely N-dealkylation sites (tertiary alicyclic amines) is 1. The van der Waals surface area contributed by atoms with Crippen molar-refractivity contribution < 1.29 is 9.53 Å². The van der Waals surface area contributed by atoms with Crippen molar-refractivity contribution in [2.75, 3.05) is 19.7 Å². The van der Waals surface area contributed by atoms with Crippen molar-refractivity contribution in [3.05, 3.63) is 65.9 Å². The van der Waals surface area contributed by atoms with Crippen LogP contribution >= 0.6 is 0 Å². The largest absolute Gasteiger partial charge is 0.484 e. The first-order valence-corrected chi connectivity index (χ1v) is 8.74. The van der Waals surface area contributed by atoms with Crippen LogP contribution in [0.4, 0.5) is 0 Å². The molecule has 2 heterocycles. The van der Waals surface area contributed by atoms with Gasteiger partial charge < -0.3 is 14.6 Å². The zero-order chi connectivity index (χ0) is 17.2. The van der Waals surface area contributed by atoms with Crippen LogP contribution in [0.15, 0.2) is 54.7 Å². The second kappa shape index (κ2) is 6.63. The fourth-order valence-corrected chi connectivity index (χ4v) is 3.54. The molecule has 128 valence electrons. The lowest BCUT2D eigenvalue weighted by Gasteiger charge is -2.17. The Labute approximate surface area is 147 Å². The van der Waals surface area contributed by atoms with Gasteiger partial charge in [-0.25, -0.2) is 0 Å². The van der Waals surface area contributed by atoms with Crippen LogP contribution < -0.4 is 4.74 Å². The van der Waals surface area contributed by atoms with Crippen LogP contribution in [0.3, 0.4) is 0 Å². The fourth-order valence-electron chi connectivity index (χ4n) is 3.54. The number of hydrogen-bond acceptors (Lipinski definition) is 2. The lowest BCUT2D eigenvalue weighted by molar-refractivity contribution is -0.132. The van der Waals surface area contributed by atoms with Crippen molar-refractivity contribution in [2.45, 2.75) is 19.3 Å². The number of amides is 1. The summed E-state index contributed by atoms with van der Waals surface area (Å²) in [6.45, 7) is 3.69. The van der Waals surface area contributed by atoms with Crippen LogP contribution in [0.1, 0.15) is 23.5 Å². The maximum absolute atomic E-state index is 12.5. The van der Waals surface area contributed by atoms with Crippen molar-refractivity contribution in [1.29, 1.82) is 0 Å². The van der Waals surface area contributed by atoms with E-state index in [9.17, 15) is 4.79 Å². The summed E-state index contributed by atoms with van der Waals surface area (Å²) in [6, 6.07) is 16.1. The van der Waals surface area contributed by atoms with Gasteiger partial charge in [-0.1, -0.05) is 35.9 Å². The zero-order valence-electron chi connectivity index (χ0n) is 14.4. The van der Waals surface area contributed by atoms with Gasteiger partial charge in [0, 0.05) is 36.1 Å². The highest BCUT2D eigenvalue weighted by molar-refractivity contribution is 5.84. The first kappa shape index (κ1) is 15.8. The molecule has 1 aliphatic heterocycles. The standard InChI is InChI=1S/C21H22N2O2/c1-15-6-8-17(9-7-15)25-14-21(24)23-11-10-16(13-23)19-12-22-20-5-3-2-4-18(19)20/h2-9,12,16,22H,10-11,13-14H2,1H3. The molecule has 0 spiro atoms. The Kier molecular flexibility index (Phi) is 4.18. The average Bonchev–Trinajstić information content (AvgIpc) is 3.27. The molecule has 3 aromatic rings. The number of H-pyrrole nitrogens is 1. The summed E-state index contributed by atoms with van der Waals surface area (Å²) in [5.41, 5.74) is 3.65. The van der Waals surface area contributed by atoms with Crippen molar-refractivity contribution in [2.24, 2.45) is 0 Å². The Balaban J connectivity index is 1.38. The summed E-state index contributed by atoms with van der Waals surface area (Å²) < 4.78 is 5.63. The number of ether oxygens (including phenoxy) is 1. The highest BCUT2D eigenvalue weighted by Crippen LogP contribution is 2.32. The maximum atomic E-state index is 12.5. The summed E-state index contributed by atoms with van der Waals surface area (Å²) in [4.78, 5) is 17.7. The smallest absolute Gasteiger partial charge is 0.260 e. The molecule has 4 rings (SSSR count). The maximum Gasteiger partial charge on any atom is 0.260 e. The van der Waals surface area contributed by atoms with Gasteiger partial charge in [0.05, 0.1) is 0 Å². The second-order valence-corrected chi connectivity index (χ2v) is 6.72. The van der Waals surface area contributed by atoms with Gasteiger partial charge in [-0.3, -0.25) is 4.79 Å². The third-order valence-corrected chi connectivity index (χ3v) is 4.99. The normalized spacial score (nSPS) is 17.2. The molecular weight excluding hydrogens is 312 g/mol. The molecule has 1 atom stereocenters. The Morgan fingerprint density at radius 3 is 2.84 bits per heavy atom. The predicted octanol–water partition coefficient (Wildman–Crippen LogP) is 3.87. The molecule has 1 aromatic heterocycles. The number of nitrogens with one attached hydrogen (secondary N) is 1. The molecule has 0 saturated carbocycles. The van der Waals surface area contributed by atoms with Crippen molar-refractivity contribution in [3.8, 4) is 5.75 Å². The van der Waals surface area contributed by atoms with Gasteiger partial charge in [-0.05, 0) is 37.1 Å². The molecule has 1 amide bonds. The van der Waals surface area contributed by atoms with E-state index in [0.29, 0.717) is 5.92 Å². The van der Waals surface area contributed by atoms with E-state index in [1.165, 1.54) is 16.5 Å². The quantitative estimate of drug-likeness (QED) is 0.787. The molecule has 1 aliphatic rings. The molecule has 0 radical (unpaired) electrons. The molecule has 1 fully saturated rings. The van der Waals surface area contributed by atoms with Gasteiger partial charge in [0.25, 0.3) is 5.91 Å². The lowest BCUT2D eigenvalue weighted by atomic mass is 9.98. The number of para-hydroxylation sites is 1. The van der Waals surface area contributed by atoms with Gasteiger partial charge in [-0.15, -0.1) is 0 Å². The number of nitrogens with zero attached hydrogens (tertiary/aromatic N) is 1. The number of fused-ring (bicyclic) bond motifs is 1. The Hall–Kier alpha value is -2.75. The van der Waals surface area contributed by atoms with E-state index in [4.69, 9.17) is 4.74 Å². The van der Waals surface area contributed by atoms with Crippen molar-refractivity contribution in [1.82, 2.24) is 9.88 Å². The number of carbonyl (C=O) groups is 1. The summed E-state index contributed by atoms with van der Waals surface area (Å²) in [6.07, 6.45) is 3.09. The third kappa shape index (κ3) is 3.25. The molecule has 1 saturated heterocycles. The molecule has 4 heteroatoms. The number of aryl methyl sites for hydroxylation is 1. The van der Waals surface area contributed by atoms with E-state index < -0.39 is 0 Å². The Morgan fingerprint density at radius 1 is 1.20 bits per heavy atom. The summed E-state index contributed by atoms with van der Waals surface area (Å²) in [7, 11) is 0. The minimum absolute atomic E-state index is 0.0583. The van der Waals surface area contributed by atoms with Crippen LogP contribution in [0.5, 0.6) is 5.75 Å². The molecule has 4 nitrogen and oxygen atoms in total. The van der Waals surface area contributed by atoms with E-state index in [2.05, 4.69) is 29.4 Å². The van der Waals surface area contributed by atoms with Gasteiger partial charge in [-0.2, -0.15) is 0 Å². The van der Waals surface area contributed by atoms with Crippen LogP contribution in [0, 0.1) is 6.92 Å². The molecular formula is C21H22N2O2. The highest BCUT2D eigenvalue weighted by Gasteiger charge is 2.28. The van der Waals surface area contributed by atoms with Gasteiger partial charge in [0.15, 0.2) is 6.61 Å². The number of rotatable bonds is 4. The zero-order valence-corrected chi connectivity index (χ0v) is 14.4. The Bertz CT molecular complexity index is 882.